The number of carbonyl (C=O) groups excluding carboxylic acids is 1. The van der Waals surface area contributed by atoms with E-state index in [-0.39, 0.29) is 28.7 Å². The van der Waals surface area contributed by atoms with Crippen molar-refractivity contribution in [2.24, 2.45) is 17.8 Å². The molecule has 4 fully saturated rings. The maximum Gasteiger partial charge on any atom is 0.277 e. The Kier molecular flexibility index (Phi) is 5.06. The molecule has 1 aromatic heterocycles. The predicted octanol–water partition coefficient (Wildman–Crippen LogP) is 4.66. The SMILES string of the molecule is CC(C)N(C(=O)[C@@H](C)Sc1nnc(C23CC4CC(CC(C4)C2)C3)o1)C(C)C. The standard InChI is InChI=1S/C21H33N3O2S/c1-12(2)24(13(3)4)18(25)14(5)27-20-23-22-19(26-20)21-9-15-6-16(10-21)8-17(7-15)11-21/h12-17H,6-11H2,1-5H3/t14-,15?,16?,17?,21?/m1/s1. The van der Waals surface area contributed by atoms with E-state index in [9.17, 15) is 4.79 Å². The van der Waals surface area contributed by atoms with E-state index in [0.29, 0.717) is 5.22 Å². The van der Waals surface area contributed by atoms with Crippen molar-refractivity contribution in [2.75, 3.05) is 0 Å². The lowest BCUT2D eigenvalue weighted by molar-refractivity contribution is -0.133. The number of amides is 1. The zero-order valence-electron chi connectivity index (χ0n) is 17.3. The summed E-state index contributed by atoms with van der Waals surface area (Å²) < 4.78 is 6.16. The van der Waals surface area contributed by atoms with Gasteiger partial charge in [-0.15, -0.1) is 10.2 Å². The molecule has 4 aliphatic carbocycles. The van der Waals surface area contributed by atoms with Crippen LogP contribution >= 0.6 is 11.8 Å². The van der Waals surface area contributed by atoms with Crippen LogP contribution in [0.3, 0.4) is 0 Å². The molecule has 5 nitrogen and oxygen atoms in total. The van der Waals surface area contributed by atoms with Crippen LogP contribution in [0.5, 0.6) is 0 Å². The lowest BCUT2D eigenvalue weighted by Gasteiger charge is -2.55. The molecule has 0 saturated heterocycles. The van der Waals surface area contributed by atoms with Crippen molar-refractivity contribution in [3.63, 3.8) is 0 Å². The Balaban J connectivity index is 1.46. The first-order valence-electron chi connectivity index (χ1n) is 10.6. The minimum absolute atomic E-state index is 0.121. The van der Waals surface area contributed by atoms with Gasteiger partial charge in [0.2, 0.25) is 11.8 Å². The summed E-state index contributed by atoms with van der Waals surface area (Å²) in [5.41, 5.74) is 0.121. The number of thioether (sulfide) groups is 1. The Morgan fingerprint density at radius 2 is 1.52 bits per heavy atom. The van der Waals surface area contributed by atoms with Crippen molar-refractivity contribution >= 4 is 17.7 Å². The smallest absolute Gasteiger partial charge is 0.277 e. The highest BCUT2D eigenvalue weighted by Crippen LogP contribution is 2.60. The summed E-state index contributed by atoms with van der Waals surface area (Å²) in [6, 6.07) is 0.372. The molecular weight excluding hydrogens is 358 g/mol. The fraction of sp³-hybridized carbons (Fsp3) is 0.857. The highest BCUT2D eigenvalue weighted by Gasteiger charge is 2.54. The summed E-state index contributed by atoms with van der Waals surface area (Å²) in [5.74, 6) is 3.54. The highest BCUT2D eigenvalue weighted by molar-refractivity contribution is 8.00. The molecule has 4 saturated carbocycles. The number of hydrogen-bond donors (Lipinski definition) is 0. The van der Waals surface area contributed by atoms with Crippen molar-refractivity contribution < 1.29 is 9.21 Å². The molecule has 4 aliphatic rings. The van der Waals surface area contributed by atoms with Crippen LogP contribution in [0.25, 0.3) is 0 Å². The molecule has 5 rings (SSSR count). The number of carbonyl (C=O) groups is 1. The molecule has 4 bridgehead atoms. The van der Waals surface area contributed by atoms with Gasteiger partial charge in [-0.05, 0) is 90.9 Å². The topological polar surface area (TPSA) is 59.2 Å². The number of rotatable bonds is 6. The summed E-state index contributed by atoms with van der Waals surface area (Å²) in [6.07, 6.45) is 7.86. The molecule has 1 atom stereocenters. The Morgan fingerprint density at radius 3 is 2.00 bits per heavy atom. The molecule has 1 amide bonds. The van der Waals surface area contributed by atoms with E-state index in [1.165, 1.54) is 50.3 Å². The second-order valence-electron chi connectivity index (χ2n) is 9.76. The molecule has 6 heteroatoms. The van der Waals surface area contributed by atoms with Gasteiger partial charge in [0.1, 0.15) is 0 Å². The molecule has 0 radical (unpaired) electrons. The molecule has 0 spiro atoms. The molecular formula is C21H33N3O2S. The van der Waals surface area contributed by atoms with E-state index >= 15 is 0 Å². The van der Waals surface area contributed by atoms with Gasteiger partial charge >= 0.3 is 0 Å². The van der Waals surface area contributed by atoms with Crippen LogP contribution in [0.1, 0.15) is 79.0 Å². The van der Waals surface area contributed by atoms with E-state index in [1.807, 2.05) is 11.8 Å². The minimum atomic E-state index is -0.223. The van der Waals surface area contributed by atoms with Gasteiger partial charge in [0.15, 0.2) is 0 Å². The quantitative estimate of drug-likeness (QED) is 0.660. The first kappa shape index (κ1) is 19.3. The maximum atomic E-state index is 12.9. The summed E-state index contributed by atoms with van der Waals surface area (Å²) >= 11 is 1.41. The number of nitrogens with zero attached hydrogens (tertiary/aromatic N) is 3. The Labute approximate surface area is 167 Å². The largest absolute Gasteiger partial charge is 0.415 e. The fourth-order valence-corrected chi connectivity index (χ4v) is 7.10. The summed E-state index contributed by atoms with van der Waals surface area (Å²) in [5, 5.41) is 9.12. The van der Waals surface area contributed by atoms with Crippen molar-refractivity contribution in [3.8, 4) is 0 Å². The first-order valence-corrected chi connectivity index (χ1v) is 11.5. The molecule has 27 heavy (non-hydrogen) atoms. The second kappa shape index (κ2) is 7.09. The Hall–Kier alpha value is -1.04. The maximum absolute atomic E-state index is 12.9. The van der Waals surface area contributed by atoms with E-state index in [4.69, 9.17) is 4.42 Å². The highest BCUT2D eigenvalue weighted by atomic mass is 32.2. The molecule has 1 aromatic rings. The predicted molar refractivity (Wildman–Crippen MR) is 107 cm³/mol. The van der Waals surface area contributed by atoms with Gasteiger partial charge in [0.05, 0.1) is 5.25 Å². The molecule has 1 heterocycles. The van der Waals surface area contributed by atoms with Crippen LogP contribution in [-0.2, 0) is 10.2 Å². The van der Waals surface area contributed by atoms with Crippen LogP contribution < -0.4 is 0 Å². The third kappa shape index (κ3) is 3.54. The molecule has 0 unspecified atom stereocenters. The van der Waals surface area contributed by atoms with E-state index < -0.39 is 0 Å². The van der Waals surface area contributed by atoms with Crippen molar-refractivity contribution in [2.45, 2.75) is 101 Å². The molecule has 150 valence electrons. The number of hydrogen-bond acceptors (Lipinski definition) is 5. The van der Waals surface area contributed by atoms with Crippen LogP contribution in [0, 0.1) is 17.8 Å². The van der Waals surface area contributed by atoms with Gasteiger partial charge in [0, 0.05) is 17.5 Å². The first-order chi connectivity index (χ1) is 12.8. The van der Waals surface area contributed by atoms with Gasteiger partial charge in [-0.25, -0.2) is 0 Å². The van der Waals surface area contributed by atoms with Gasteiger partial charge < -0.3 is 9.32 Å². The van der Waals surface area contributed by atoms with Crippen molar-refractivity contribution in [1.29, 1.82) is 0 Å². The minimum Gasteiger partial charge on any atom is -0.415 e. The van der Waals surface area contributed by atoms with E-state index in [0.717, 1.165) is 23.6 Å². The average Bonchev–Trinajstić information content (AvgIpc) is 3.02. The molecule has 0 aliphatic heterocycles. The summed E-state index contributed by atoms with van der Waals surface area (Å²) in [7, 11) is 0. The van der Waals surface area contributed by atoms with Gasteiger partial charge in [-0.3, -0.25) is 4.79 Å². The van der Waals surface area contributed by atoms with Gasteiger partial charge in [0.25, 0.3) is 5.22 Å². The Bertz CT molecular complexity index is 656. The average molecular weight is 392 g/mol. The van der Waals surface area contributed by atoms with Crippen molar-refractivity contribution in [1.82, 2.24) is 15.1 Å². The van der Waals surface area contributed by atoms with Crippen molar-refractivity contribution in [3.05, 3.63) is 5.89 Å². The van der Waals surface area contributed by atoms with Gasteiger partial charge in [-0.1, -0.05) is 11.8 Å². The monoisotopic (exact) mass is 391 g/mol. The Morgan fingerprint density at radius 1 is 1.00 bits per heavy atom. The zero-order valence-corrected chi connectivity index (χ0v) is 18.1. The third-order valence-electron chi connectivity index (χ3n) is 6.89. The van der Waals surface area contributed by atoms with Crippen LogP contribution in [0.15, 0.2) is 9.64 Å². The summed E-state index contributed by atoms with van der Waals surface area (Å²) in [6.45, 7) is 10.2. The van der Waals surface area contributed by atoms with Crippen LogP contribution in [-0.4, -0.2) is 38.3 Å². The second-order valence-corrected chi connectivity index (χ2v) is 11.1. The lowest BCUT2D eigenvalue weighted by atomic mass is 9.49. The zero-order chi connectivity index (χ0) is 19.3. The molecule has 0 aromatic carbocycles. The van der Waals surface area contributed by atoms with E-state index in [1.54, 1.807) is 0 Å². The van der Waals surface area contributed by atoms with Gasteiger partial charge in [-0.2, -0.15) is 0 Å². The number of aromatic nitrogens is 2. The van der Waals surface area contributed by atoms with Crippen LogP contribution in [0.4, 0.5) is 0 Å². The van der Waals surface area contributed by atoms with Crippen LogP contribution in [0.2, 0.25) is 0 Å². The fourth-order valence-electron chi connectivity index (χ4n) is 6.36. The lowest BCUT2D eigenvalue weighted by Crippen LogP contribution is -2.48. The van der Waals surface area contributed by atoms with E-state index in [2.05, 4.69) is 37.9 Å². The summed E-state index contributed by atoms with van der Waals surface area (Å²) in [4.78, 5) is 14.8. The third-order valence-corrected chi connectivity index (χ3v) is 7.81. The molecule has 0 N–H and O–H groups in total. The normalized spacial score (nSPS) is 33.1.